The highest BCUT2D eigenvalue weighted by molar-refractivity contribution is 5.79. The molecule has 0 bridgehead atoms. The minimum Gasteiger partial charge on any atom is -0.350 e. The molecule has 1 N–H and O–H groups in total. The average Bonchev–Trinajstić information content (AvgIpc) is 2.92. The normalized spacial score (nSPS) is 23.6. The number of nitrogens with zero attached hydrogens (tertiary/aromatic N) is 2. The van der Waals surface area contributed by atoms with Gasteiger partial charge in [-0.2, -0.15) is 0 Å². The third kappa shape index (κ3) is 5.10. The summed E-state index contributed by atoms with van der Waals surface area (Å²) in [5.74, 6) is 0.246. The summed E-state index contributed by atoms with van der Waals surface area (Å²) in [6, 6.07) is 10.9. The summed E-state index contributed by atoms with van der Waals surface area (Å²) in [7, 11) is 0. The van der Waals surface area contributed by atoms with E-state index in [1.807, 2.05) is 23.1 Å². The van der Waals surface area contributed by atoms with Crippen LogP contribution in [0.3, 0.4) is 0 Å². The second kappa shape index (κ2) is 8.42. The lowest BCUT2D eigenvalue weighted by atomic mass is 9.95. The third-order valence-corrected chi connectivity index (χ3v) is 5.89. The van der Waals surface area contributed by atoms with Gasteiger partial charge in [-0.25, -0.2) is 0 Å². The monoisotopic (exact) mass is 371 g/mol. The number of rotatable bonds is 5. The molecule has 2 fully saturated rings. The van der Waals surface area contributed by atoms with Gasteiger partial charge in [0.1, 0.15) is 0 Å². The van der Waals surface area contributed by atoms with E-state index in [2.05, 4.69) is 36.2 Å². The smallest absolute Gasteiger partial charge is 0.234 e. The largest absolute Gasteiger partial charge is 0.350 e. The van der Waals surface area contributed by atoms with E-state index in [9.17, 15) is 9.59 Å². The lowest BCUT2D eigenvalue weighted by molar-refractivity contribution is -0.130. The van der Waals surface area contributed by atoms with Gasteiger partial charge in [0.15, 0.2) is 0 Å². The zero-order valence-corrected chi connectivity index (χ0v) is 16.9. The molecule has 0 aromatic heterocycles. The zero-order valence-electron chi connectivity index (χ0n) is 16.9. The van der Waals surface area contributed by atoms with Crippen molar-refractivity contribution >= 4 is 11.8 Å². The molecule has 27 heavy (non-hydrogen) atoms. The Bertz CT molecular complexity index is 659. The predicted octanol–water partition coefficient (Wildman–Crippen LogP) is 2.60. The van der Waals surface area contributed by atoms with Crippen LogP contribution in [0.25, 0.3) is 0 Å². The summed E-state index contributed by atoms with van der Waals surface area (Å²) < 4.78 is 0. The molecule has 2 atom stereocenters. The Balaban J connectivity index is 1.60. The van der Waals surface area contributed by atoms with E-state index in [0.717, 1.165) is 45.2 Å². The lowest BCUT2D eigenvalue weighted by Gasteiger charge is -2.33. The first kappa shape index (κ1) is 19.9. The minimum absolute atomic E-state index is 0.0813. The Morgan fingerprint density at radius 1 is 1.07 bits per heavy atom. The first-order chi connectivity index (χ1) is 12.9. The molecular formula is C22H33N3O2. The highest BCUT2D eigenvalue weighted by atomic mass is 16.2. The van der Waals surface area contributed by atoms with Crippen molar-refractivity contribution in [2.75, 3.05) is 19.6 Å². The van der Waals surface area contributed by atoms with E-state index >= 15 is 0 Å². The van der Waals surface area contributed by atoms with E-state index in [-0.39, 0.29) is 23.4 Å². The van der Waals surface area contributed by atoms with Gasteiger partial charge in [-0.15, -0.1) is 0 Å². The van der Waals surface area contributed by atoms with Gasteiger partial charge in [-0.1, -0.05) is 36.8 Å². The van der Waals surface area contributed by atoms with Crippen molar-refractivity contribution in [3.05, 3.63) is 35.9 Å². The Labute approximate surface area is 163 Å². The van der Waals surface area contributed by atoms with Crippen molar-refractivity contribution in [2.24, 2.45) is 0 Å². The summed E-state index contributed by atoms with van der Waals surface area (Å²) in [6.45, 7) is 8.01. The highest BCUT2D eigenvalue weighted by Gasteiger charge is 2.40. The van der Waals surface area contributed by atoms with Crippen LogP contribution in [0.1, 0.15) is 52.0 Å². The molecule has 2 saturated heterocycles. The summed E-state index contributed by atoms with van der Waals surface area (Å²) >= 11 is 0. The first-order valence-corrected chi connectivity index (χ1v) is 10.2. The van der Waals surface area contributed by atoms with E-state index in [4.69, 9.17) is 0 Å². The lowest BCUT2D eigenvalue weighted by Crippen LogP contribution is -2.52. The third-order valence-electron chi connectivity index (χ3n) is 5.89. The molecule has 148 valence electrons. The summed E-state index contributed by atoms with van der Waals surface area (Å²) in [5, 5.41) is 3.23. The second-order valence-electron chi connectivity index (χ2n) is 8.70. The Morgan fingerprint density at radius 3 is 2.52 bits per heavy atom. The standard InChI is InChI=1S/C22H33N3O2/c1-17(26)25-14-12-19-20(25)11-7-8-13-24(19)16-21(27)23-22(2,3)15-18-9-5-4-6-10-18/h4-6,9-10,19-20H,7-8,11-16H2,1-3H3,(H,23,27)/t19-,20-/m1/s1. The van der Waals surface area contributed by atoms with Crippen LogP contribution in [0.5, 0.6) is 0 Å². The van der Waals surface area contributed by atoms with Crippen molar-refractivity contribution < 1.29 is 9.59 Å². The number of carbonyl (C=O) groups excluding carboxylic acids is 2. The van der Waals surface area contributed by atoms with Gasteiger partial charge in [0.2, 0.25) is 11.8 Å². The van der Waals surface area contributed by atoms with E-state index < -0.39 is 0 Å². The number of nitrogens with one attached hydrogen (secondary N) is 1. The van der Waals surface area contributed by atoms with Crippen LogP contribution >= 0.6 is 0 Å². The maximum atomic E-state index is 12.8. The van der Waals surface area contributed by atoms with Gasteiger partial charge >= 0.3 is 0 Å². The van der Waals surface area contributed by atoms with Gasteiger partial charge < -0.3 is 10.2 Å². The second-order valence-corrected chi connectivity index (χ2v) is 8.70. The van der Waals surface area contributed by atoms with E-state index in [1.54, 1.807) is 6.92 Å². The number of amides is 2. The van der Waals surface area contributed by atoms with Crippen LogP contribution < -0.4 is 5.32 Å². The predicted molar refractivity (Wildman–Crippen MR) is 107 cm³/mol. The molecule has 3 rings (SSSR count). The fraction of sp³-hybridized carbons (Fsp3) is 0.636. The molecule has 0 unspecified atom stereocenters. The SMILES string of the molecule is CC(=O)N1CC[C@@H]2[C@H]1CCCCN2CC(=O)NC(C)(C)Cc1ccccc1. The molecule has 0 radical (unpaired) electrons. The van der Waals surface area contributed by atoms with Gasteiger partial charge in [0, 0.05) is 31.1 Å². The first-order valence-electron chi connectivity index (χ1n) is 10.2. The van der Waals surface area contributed by atoms with Crippen LogP contribution in [-0.2, 0) is 16.0 Å². The fourth-order valence-electron chi connectivity index (χ4n) is 4.78. The number of fused-ring (bicyclic) bond motifs is 1. The minimum atomic E-state index is -0.287. The number of hydrogen-bond donors (Lipinski definition) is 1. The van der Waals surface area contributed by atoms with Crippen LogP contribution in [0.15, 0.2) is 30.3 Å². The molecule has 2 amide bonds. The van der Waals surface area contributed by atoms with Crippen LogP contribution in [-0.4, -0.2) is 58.9 Å². The quantitative estimate of drug-likeness (QED) is 0.866. The number of likely N-dealkylation sites (tertiary alicyclic amines) is 2. The highest BCUT2D eigenvalue weighted by Crippen LogP contribution is 2.30. The van der Waals surface area contributed by atoms with Gasteiger partial charge in [0.05, 0.1) is 6.54 Å². The van der Waals surface area contributed by atoms with Crippen molar-refractivity contribution in [2.45, 2.75) is 70.5 Å². The number of benzene rings is 1. The average molecular weight is 372 g/mol. The molecule has 1 aromatic carbocycles. The number of carbonyl (C=O) groups is 2. The van der Waals surface area contributed by atoms with E-state index in [0.29, 0.717) is 12.6 Å². The Morgan fingerprint density at radius 2 is 1.81 bits per heavy atom. The Kier molecular flexibility index (Phi) is 6.20. The molecule has 2 aliphatic heterocycles. The molecule has 5 nitrogen and oxygen atoms in total. The van der Waals surface area contributed by atoms with Crippen LogP contribution in [0.4, 0.5) is 0 Å². The summed E-state index contributed by atoms with van der Waals surface area (Å²) in [5.41, 5.74) is 0.940. The fourth-order valence-corrected chi connectivity index (χ4v) is 4.78. The zero-order chi connectivity index (χ0) is 19.4. The summed E-state index contributed by atoms with van der Waals surface area (Å²) in [6.07, 6.45) is 5.07. The molecule has 1 aromatic rings. The van der Waals surface area contributed by atoms with Gasteiger partial charge in [-0.05, 0) is 51.6 Å². The van der Waals surface area contributed by atoms with Crippen molar-refractivity contribution in [3.63, 3.8) is 0 Å². The van der Waals surface area contributed by atoms with Crippen LogP contribution in [0, 0.1) is 0 Å². The number of hydrogen-bond acceptors (Lipinski definition) is 3. The van der Waals surface area contributed by atoms with Gasteiger partial charge in [-0.3, -0.25) is 14.5 Å². The molecule has 2 aliphatic rings. The molecule has 2 heterocycles. The van der Waals surface area contributed by atoms with Gasteiger partial charge in [0.25, 0.3) is 0 Å². The van der Waals surface area contributed by atoms with Crippen molar-refractivity contribution in [3.8, 4) is 0 Å². The van der Waals surface area contributed by atoms with Crippen LogP contribution in [0.2, 0.25) is 0 Å². The maximum absolute atomic E-state index is 12.8. The van der Waals surface area contributed by atoms with E-state index in [1.165, 1.54) is 5.56 Å². The topological polar surface area (TPSA) is 52.7 Å². The Hall–Kier alpha value is -1.88. The van der Waals surface area contributed by atoms with Crippen molar-refractivity contribution in [1.82, 2.24) is 15.1 Å². The molecule has 5 heteroatoms. The molecule has 0 saturated carbocycles. The summed E-state index contributed by atoms with van der Waals surface area (Å²) in [4.78, 5) is 29.1. The van der Waals surface area contributed by atoms with Crippen molar-refractivity contribution in [1.29, 1.82) is 0 Å². The molecule has 0 spiro atoms. The molecular weight excluding hydrogens is 338 g/mol. The maximum Gasteiger partial charge on any atom is 0.234 e. The molecule has 0 aliphatic carbocycles.